The van der Waals surface area contributed by atoms with E-state index in [2.05, 4.69) is 24.5 Å². The minimum atomic E-state index is -0.335. The lowest BCUT2D eigenvalue weighted by molar-refractivity contribution is -0.115. The molecule has 0 heterocycles. The monoisotopic (exact) mass is 330 g/mol. The molecule has 0 bridgehead atoms. The van der Waals surface area contributed by atoms with Gasteiger partial charge in [-0.1, -0.05) is 43.6 Å². The van der Waals surface area contributed by atoms with Gasteiger partial charge in [-0.2, -0.15) is 0 Å². The van der Waals surface area contributed by atoms with Crippen molar-refractivity contribution in [2.75, 3.05) is 11.9 Å². The molecule has 2 N–H and O–H groups in total. The zero-order valence-electron chi connectivity index (χ0n) is 13.1. The lowest BCUT2D eigenvalue weighted by Crippen LogP contribution is -2.32. The summed E-state index contributed by atoms with van der Waals surface area (Å²) in [6.45, 7) is 4.08. The van der Waals surface area contributed by atoms with Gasteiger partial charge < -0.3 is 10.6 Å². The summed E-state index contributed by atoms with van der Waals surface area (Å²) >= 11 is 5.84. The predicted octanol–water partition coefficient (Wildman–Crippen LogP) is 3.83. The molecule has 120 valence electrons. The number of carbonyl (C=O) groups excluding carboxylic acids is 2. The van der Waals surface area contributed by atoms with Gasteiger partial charge in [0.25, 0.3) is 5.91 Å². The molecule has 0 aliphatic carbocycles. The van der Waals surface area contributed by atoms with E-state index in [0.717, 1.165) is 11.3 Å². The Kier molecular flexibility index (Phi) is 5.77. The summed E-state index contributed by atoms with van der Waals surface area (Å²) < 4.78 is 0. The minimum Gasteiger partial charge on any atom is -0.343 e. The maximum atomic E-state index is 11.9. The van der Waals surface area contributed by atoms with Gasteiger partial charge in [0.1, 0.15) is 0 Å². The third-order valence-electron chi connectivity index (χ3n) is 3.33. The van der Waals surface area contributed by atoms with Gasteiger partial charge in [0.2, 0.25) is 5.91 Å². The normalized spacial score (nSPS) is 10.4. The second-order valence-electron chi connectivity index (χ2n) is 5.52. The molecule has 2 aromatic carbocycles. The quantitative estimate of drug-likeness (QED) is 0.875. The summed E-state index contributed by atoms with van der Waals surface area (Å²) in [7, 11) is 0. The molecule has 0 aromatic heterocycles. The van der Waals surface area contributed by atoms with Crippen molar-refractivity contribution in [2.45, 2.75) is 19.8 Å². The van der Waals surface area contributed by atoms with Crippen LogP contribution in [0.4, 0.5) is 5.69 Å². The standard InChI is InChI=1S/C18H19ClN2O2/c1-12(2)13-5-4-8-16(10-13)21-17(22)11-20-18(23)14-6-3-7-15(19)9-14/h3-10,12H,11H2,1-2H3,(H,20,23)(H,21,22). The Morgan fingerprint density at radius 2 is 1.83 bits per heavy atom. The Labute approximate surface area is 140 Å². The molecule has 0 unspecified atom stereocenters. The van der Waals surface area contributed by atoms with Crippen molar-refractivity contribution in [1.82, 2.24) is 5.32 Å². The Balaban J connectivity index is 1.90. The largest absolute Gasteiger partial charge is 0.343 e. The van der Waals surface area contributed by atoms with E-state index in [-0.39, 0.29) is 18.4 Å². The van der Waals surface area contributed by atoms with Crippen LogP contribution in [0.3, 0.4) is 0 Å². The number of amides is 2. The van der Waals surface area contributed by atoms with E-state index < -0.39 is 0 Å². The average Bonchev–Trinajstić information content (AvgIpc) is 2.53. The highest BCUT2D eigenvalue weighted by atomic mass is 35.5. The molecule has 2 amide bonds. The molecule has 0 fully saturated rings. The van der Waals surface area contributed by atoms with Crippen molar-refractivity contribution >= 4 is 29.1 Å². The van der Waals surface area contributed by atoms with E-state index >= 15 is 0 Å². The smallest absolute Gasteiger partial charge is 0.251 e. The molecule has 0 aliphatic heterocycles. The first-order valence-corrected chi connectivity index (χ1v) is 7.77. The molecule has 4 nitrogen and oxygen atoms in total. The van der Waals surface area contributed by atoms with Gasteiger partial charge >= 0.3 is 0 Å². The van der Waals surface area contributed by atoms with E-state index in [1.807, 2.05) is 24.3 Å². The summed E-state index contributed by atoms with van der Waals surface area (Å²) in [5, 5.41) is 5.83. The van der Waals surface area contributed by atoms with Crippen molar-refractivity contribution in [3.05, 3.63) is 64.7 Å². The summed E-state index contributed by atoms with van der Waals surface area (Å²) in [6, 6.07) is 14.2. The van der Waals surface area contributed by atoms with Crippen molar-refractivity contribution in [3.8, 4) is 0 Å². The van der Waals surface area contributed by atoms with Crippen molar-refractivity contribution in [2.24, 2.45) is 0 Å². The van der Waals surface area contributed by atoms with Crippen LogP contribution in [-0.4, -0.2) is 18.4 Å². The SMILES string of the molecule is CC(C)c1cccc(NC(=O)CNC(=O)c2cccc(Cl)c2)c1. The Morgan fingerprint density at radius 3 is 2.52 bits per heavy atom. The highest BCUT2D eigenvalue weighted by molar-refractivity contribution is 6.31. The third-order valence-corrected chi connectivity index (χ3v) is 3.57. The molecular weight excluding hydrogens is 312 g/mol. The maximum absolute atomic E-state index is 11.9. The van der Waals surface area contributed by atoms with Crippen LogP contribution in [0.2, 0.25) is 5.02 Å². The van der Waals surface area contributed by atoms with Gasteiger partial charge in [-0.05, 0) is 41.8 Å². The van der Waals surface area contributed by atoms with Crippen LogP contribution >= 0.6 is 11.6 Å². The van der Waals surface area contributed by atoms with Gasteiger partial charge in [0.15, 0.2) is 0 Å². The summed E-state index contributed by atoms with van der Waals surface area (Å²) in [5.41, 5.74) is 2.29. The van der Waals surface area contributed by atoms with E-state index in [1.54, 1.807) is 24.3 Å². The highest BCUT2D eigenvalue weighted by Crippen LogP contribution is 2.18. The van der Waals surface area contributed by atoms with Gasteiger partial charge in [0, 0.05) is 16.3 Å². The molecule has 5 heteroatoms. The lowest BCUT2D eigenvalue weighted by Gasteiger charge is -2.10. The molecule has 0 spiro atoms. The first-order valence-electron chi connectivity index (χ1n) is 7.39. The van der Waals surface area contributed by atoms with Gasteiger partial charge in [-0.25, -0.2) is 0 Å². The third kappa shape index (κ3) is 5.11. The zero-order valence-corrected chi connectivity index (χ0v) is 13.9. The predicted molar refractivity (Wildman–Crippen MR) is 92.9 cm³/mol. The summed E-state index contributed by atoms with van der Waals surface area (Å²) in [4.78, 5) is 23.9. The highest BCUT2D eigenvalue weighted by Gasteiger charge is 2.09. The number of anilines is 1. The maximum Gasteiger partial charge on any atom is 0.251 e. The first kappa shape index (κ1) is 17.0. The fourth-order valence-corrected chi connectivity index (χ4v) is 2.26. The number of hydrogen-bond donors (Lipinski definition) is 2. The molecule has 2 rings (SSSR count). The molecule has 23 heavy (non-hydrogen) atoms. The summed E-state index contributed by atoms with van der Waals surface area (Å²) in [5.74, 6) is -0.228. The average molecular weight is 331 g/mol. The van der Waals surface area contributed by atoms with Crippen LogP contribution < -0.4 is 10.6 Å². The molecule has 2 aromatic rings. The first-order chi connectivity index (χ1) is 11.0. The number of halogens is 1. The van der Waals surface area contributed by atoms with Crippen molar-refractivity contribution < 1.29 is 9.59 Å². The van der Waals surface area contributed by atoms with E-state index in [0.29, 0.717) is 16.5 Å². The lowest BCUT2D eigenvalue weighted by atomic mass is 10.0. The van der Waals surface area contributed by atoms with Gasteiger partial charge in [-0.15, -0.1) is 0 Å². The molecule has 0 saturated heterocycles. The second-order valence-corrected chi connectivity index (χ2v) is 5.96. The number of hydrogen-bond acceptors (Lipinski definition) is 2. The minimum absolute atomic E-state index is 0.0999. The molecular formula is C18H19ClN2O2. The fourth-order valence-electron chi connectivity index (χ4n) is 2.07. The number of benzene rings is 2. The number of nitrogens with one attached hydrogen (secondary N) is 2. The topological polar surface area (TPSA) is 58.2 Å². The van der Waals surface area contributed by atoms with E-state index in [9.17, 15) is 9.59 Å². The van der Waals surface area contributed by atoms with Crippen LogP contribution in [0, 0.1) is 0 Å². The van der Waals surface area contributed by atoms with Crippen LogP contribution in [0.5, 0.6) is 0 Å². The van der Waals surface area contributed by atoms with Crippen LogP contribution in [-0.2, 0) is 4.79 Å². The van der Waals surface area contributed by atoms with Crippen molar-refractivity contribution in [3.63, 3.8) is 0 Å². The Bertz CT molecular complexity index is 714. The van der Waals surface area contributed by atoms with Crippen LogP contribution in [0.25, 0.3) is 0 Å². The molecule has 0 saturated carbocycles. The van der Waals surface area contributed by atoms with E-state index in [4.69, 9.17) is 11.6 Å². The Morgan fingerprint density at radius 1 is 1.09 bits per heavy atom. The summed E-state index contributed by atoms with van der Waals surface area (Å²) in [6.07, 6.45) is 0. The van der Waals surface area contributed by atoms with Crippen LogP contribution in [0.15, 0.2) is 48.5 Å². The van der Waals surface area contributed by atoms with Crippen LogP contribution in [0.1, 0.15) is 35.7 Å². The van der Waals surface area contributed by atoms with Crippen molar-refractivity contribution in [1.29, 1.82) is 0 Å². The zero-order chi connectivity index (χ0) is 16.8. The number of rotatable bonds is 5. The Hall–Kier alpha value is -2.33. The molecule has 0 aliphatic rings. The second kappa shape index (κ2) is 7.79. The van der Waals surface area contributed by atoms with E-state index in [1.165, 1.54) is 0 Å². The molecule has 0 radical (unpaired) electrons. The van der Waals surface area contributed by atoms with Gasteiger partial charge in [-0.3, -0.25) is 9.59 Å². The number of carbonyl (C=O) groups is 2. The fraction of sp³-hybridized carbons (Fsp3) is 0.222. The molecule has 0 atom stereocenters. The van der Waals surface area contributed by atoms with Gasteiger partial charge in [0.05, 0.1) is 6.54 Å².